The molecule has 0 aromatic heterocycles. The molecule has 2 atom stereocenters. The Bertz CT molecular complexity index is 935. The van der Waals surface area contributed by atoms with Crippen LogP contribution in [0.2, 0.25) is 5.02 Å². The summed E-state index contributed by atoms with van der Waals surface area (Å²) in [5, 5.41) is 9.48. The van der Waals surface area contributed by atoms with Crippen molar-refractivity contribution in [1.29, 1.82) is 0 Å². The maximum atomic E-state index is 12.8. The number of hydrogen-bond acceptors (Lipinski definition) is 3. The Morgan fingerprint density at radius 2 is 1.69 bits per heavy atom. The standard InChI is InChI=1S/C23H25ClF3N3O2/c24-18-10-8-15(9-11-18)13-28-19-6-1-2-7-20(19)30-21(31)14-29-22(32)16-4-3-5-17(12-16)23(25,26)27/h3-5,8-12,19-20,28H,1-2,6-7,13-14H2,(H,29,32)(H,30,31)/t19-,20-/m0/s1. The second kappa shape index (κ2) is 10.8. The molecule has 2 amide bonds. The summed E-state index contributed by atoms with van der Waals surface area (Å²) in [6.45, 7) is 0.329. The van der Waals surface area contributed by atoms with Crippen LogP contribution >= 0.6 is 11.6 Å². The number of alkyl halides is 3. The first kappa shape index (κ1) is 24.1. The van der Waals surface area contributed by atoms with E-state index in [1.807, 2.05) is 24.3 Å². The largest absolute Gasteiger partial charge is 0.416 e. The van der Waals surface area contributed by atoms with Crippen LogP contribution in [0.4, 0.5) is 13.2 Å². The lowest BCUT2D eigenvalue weighted by molar-refractivity contribution is -0.137. The molecule has 1 aliphatic rings. The fourth-order valence-corrected chi connectivity index (χ4v) is 3.88. The van der Waals surface area contributed by atoms with Crippen LogP contribution in [0, 0.1) is 0 Å². The number of benzene rings is 2. The Morgan fingerprint density at radius 1 is 1.00 bits per heavy atom. The van der Waals surface area contributed by atoms with E-state index in [9.17, 15) is 22.8 Å². The molecule has 0 spiro atoms. The molecule has 32 heavy (non-hydrogen) atoms. The van der Waals surface area contributed by atoms with E-state index in [4.69, 9.17) is 11.6 Å². The van der Waals surface area contributed by atoms with Crippen molar-refractivity contribution in [3.8, 4) is 0 Å². The first-order valence-corrected chi connectivity index (χ1v) is 10.8. The highest BCUT2D eigenvalue weighted by atomic mass is 35.5. The van der Waals surface area contributed by atoms with Gasteiger partial charge in [-0.05, 0) is 48.7 Å². The molecule has 0 unspecified atom stereocenters. The van der Waals surface area contributed by atoms with Gasteiger partial charge in [-0.25, -0.2) is 0 Å². The van der Waals surface area contributed by atoms with E-state index in [1.54, 1.807) is 0 Å². The summed E-state index contributed by atoms with van der Waals surface area (Å²) in [4.78, 5) is 24.6. The lowest BCUT2D eigenvalue weighted by atomic mass is 9.90. The van der Waals surface area contributed by atoms with E-state index in [-0.39, 0.29) is 30.1 Å². The van der Waals surface area contributed by atoms with Gasteiger partial charge in [0, 0.05) is 29.2 Å². The van der Waals surface area contributed by atoms with E-state index in [0.29, 0.717) is 11.6 Å². The highest BCUT2D eigenvalue weighted by molar-refractivity contribution is 6.30. The summed E-state index contributed by atoms with van der Waals surface area (Å²) in [6, 6.07) is 11.6. The maximum absolute atomic E-state index is 12.8. The van der Waals surface area contributed by atoms with Crippen LogP contribution in [0.25, 0.3) is 0 Å². The number of nitrogens with one attached hydrogen (secondary N) is 3. The Hall–Kier alpha value is -2.58. The molecule has 0 bridgehead atoms. The average Bonchev–Trinajstić information content (AvgIpc) is 2.77. The van der Waals surface area contributed by atoms with Crippen molar-refractivity contribution in [1.82, 2.24) is 16.0 Å². The van der Waals surface area contributed by atoms with Crippen molar-refractivity contribution < 1.29 is 22.8 Å². The summed E-state index contributed by atoms with van der Waals surface area (Å²) in [5.41, 5.74) is 0.0256. The molecule has 1 saturated carbocycles. The van der Waals surface area contributed by atoms with Crippen LogP contribution in [0.15, 0.2) is 48.5 Å². The average molecular weight is 468 g/mol. The number of carbonyl (C=O) groups excluding carboxylic acids is 2. The highest BCUT2D eigenvalue weighted by Crippen LogP contribution is 2.29. The molecule has 2 aromatic rings. The minimum Gasteiger partial charge on any atom is -0.350 e. The zero-order valence-electron chi connectivity index (χ0n) is 17.3. The van der Waals surface area contributed by atoms with Gasteiger partial charge in [-0.1, -0.05) is 42.6 Å². The van der Waals surface area contributed by atoms with Gasteiger partial charge in [0.2, 0.25) is 5.91 Å². The van der Waals surface area contributed by atoms with Gasteiger partial charge < -0.3 is 16.0 Å². The van der Waals surface area contributed by atoms with E-state index in [2.05, 4.69) is 16.0 Å². The monoisotopic (exact) mass is 467 g/mol. The highest BCUT2D eigenvalue weighted by Gasteiger charge is 2.31. The second-order valence-electron chi connectivity index (χ2n) is 7.83. The minimum atomic E-state index is -4.54. The Kier molecular flexibility index (Phi) is 8.15. The Morgan fingerprint density at radius 3 is 2.38 bits per heavy atom. The van der Waals surface area contributed by atoms with Gasteiger partial charge in [0.05, 0.1) is 12.1 Å². The van der Waals surface area contributed by atoms with E-state index >= 15 is 0 Å². The molecule has 1 aliphatic carbocycles. The van der Waals surface area contributed by atoms with Crippen LogP contribution in [0.5, 0.6) is 0 Å². The summed E-state index contributed by atoms with van der Waals surface area (Å²) >= 11 is 5.91. The quantitative estimate of drug-likeness (QED) is 0.568. The fraction of sp³-hybridized carbons (Fsp3) is 0.391. The molecule has 0 saturated heterocycles. The van der Waals surface area contributed by atoms with Crippen molar-refractivity contribution in [3.05, 3.63) is 70.2 Å². The van der Waals surface area contributed by atoms with Crippen LogP contribution in [0.3, 0.4) is 0 Å². The third-order valence-corrected chi connectivity index (χ3v) is 5.71. The lowest BCUT2D eigenvalue weighted by Crippen LogP contribution is -2.53. The first-order valence-electron chi connectivity index (χ1n) is 10.4. The smallest absolute Gasteiger partial charge is 0.350 e. The van der Waals surface area contributed by atoms with E-state index in [1.165, 1.54) is 6.07 Å². The normalized spacial score (nSPS) is 18.8. The summed E-state index contributed by atoms with van der Waals surface area (Å²) in [7, 11) is 0. The topological polar surface area (TPSA) is 70.2 Å². The molecule has 0 aliphatic heterocycles. The molecule has 2 aromatic carbocycles. The zero-order valence-corrected chi connectivity index (χ0v) is 18.1. The van der Waals surface area contributed by atoms with Crippen molar-refractivity contribution in [2.24, 2.45) is 0 Å². The summed E-state index contributed by atoms with van der Waals surface area (Å²) < 4.78 is 38.5. The van der Waals surface area contributed by atoms with Gasteiger partial charge in [0.15, 0.2) is 0 Å². The molecular weight excluding hydrogens is 443 g/mol. The fourth-order valence-electron chi connectivity index (χ4n) is 3.76. The van der Waals surface area contributed by atoms with Gasteiger partial charge >= 0.3 is 6.18 Å². The molecule has 0 heterocycles. The van der Waals surface area contributed by atoms with Gasteiger partial charge in [0.1, 0.15) is 0 Å². The van der Waals surface area contributed by atoms with Crippen molar-refractivity contribution in [3.63, 3.8) is 0 Å². The third-order valence-electron chi connectivity index (χ3n) is 5.46. The van der Waals surface area contributed by atoms with Crippen LogP contribution < -0.4 is 16.0 Å². The maximum Gasteiger partial charge on any atom is 0.416 e. The molecule has 3 rings (SSSR count). The SMILES string of the molecule is O=C(CNC(=O)c1cccc(C(F)(F)F)c1)N[C@H]1CCCC[C@@H]1NCc1ccc(Cl)cc1. The predicted octanol–water partition coefficient (Wildman–Crippen LogP) is 4.31. The van der Waals surface area contributed by atoms with Gasteiger partial charge in [-0.2, -0.15) is 13.2 Å². The molecule has 9 heteroatoms. The van der Waals surface area contributed by atoms with Crippen LogP contribution in [-0.4, -0.2) is 30.4 Å². The second-order valence-corrected chi connectivity index (χ2v) is 8.27. The number of carbonyl (C=O) groups is 2. The molecule has 3 N–H and O–H groups in total. The van der Waals surface area contributed by atoms with Crippen molar-refractivity contribution >= 4 is 23.4 Å². The predicted molar refractivity (Wildman–Crippen MR) is 116 cm³/mol. The van der Waals surface area contributed by atoms with E-state index in [0.717, 1.165) is 49.4 Å². The number of rotatable bonds is 7. The molecule has 1 fully saturated rings. The van der Waals surface area contributed by atoms with Gasteiger partial charge in [-0.3, -0.25) is 9.59 Å². The third kappa shape index (κ3) is 6.97. The first-order chi connectivity index (χ1) is 15.2. The van der Waals surface area contributed by atoms with Crippen LogP contribution in [0.1, 0.15) is 47.2 Å². The summed E-state index contributed by atoms with van der Waals surface area (Å²) in [6.07, 6.45) is -0.777. The van der Waals surface area contributed by atoms with Crippen LogP contribution in [-0.2, 0) is 17.5 Å². The molecule has 5 nitrogen and oxygen atoms in total. The van der Waals surface area contributed by atoms with E-state index < -0.39 is 17.6 Å². The molecular formula is C23H25ClF3N3O2. The summed E-state index contributed by atoms with van der Waals surface area (Å²) in [5.74, 6) is -1.11. The molecule has 172 valence electrons. The van der Waals surface area contributed by atoms with Crippen molar-refractivity contribution in [2.45, 2.75) is 50.5 Å². The van der Waals surface area contributed by atoms with Gasteiger partial charge in [-0.15, -0.1) is 0 Å². The lowest BCUT2D eigenvalue weighted by Gasteiger charge is -2.33. The number of hydrogen-bond donors (Lipinski definition) is 3. The number of amides is 2. The number of halogens is 4. The Balaban J connectivity index is 1.50. The molecule has 0 radical (unpaired) electrons. The Labute approximate surface area is 189 Å². The minimum absolute atomic E-state index is 0.0857. The van der Waals surface area contributed by atoms with Gasteiger partial charge in [0.25, 0.3) is 5.91 Å². The zero-order chi connectivity index (χ0) is 23.1. The van der Waals surface area contributed by atoms with Crippen molar-refractivity contribution in [2.75, 3.05) is 6.54 Å².